The minimum Gasteiger partial charge on any atom is -0.478 e. The van der Waals surface area contributed by atoms with E-state index in [0.717, 1.165) is 44.6 Å². The van der Waals surface area contributed by atoms with Crippen molar-refractivity contribution in [2.45, 2.75) is 58.7 Å². The zero-order valence-electron chi connectivity index (χ0n) is 25.4. The normalized spacial score (nSPS) is 14.6. The van der Waals surface area contributed by atoms with Crippen LogP contribution in [0.2, 0.25) is 0 Å². The van der Waals surface area contributed by atoms with Gasteiger partial charge in [0.1, 0.15) is 17.8 Å². The first kappa shape index (κ1) is 31.2. The van der Waals surface area contributed by atoms with Crippen molar-refractivity contribution >= 4 is 28.9 Å². The highest BCUT2D eigenvalue weighted by Crippen LogP contribution is 2.30. The van der Waals surface area contributed by atoms with E-state index in [4.69, 9.17) is 9.84 Å². The number of thiophene rings is 1. The van der Waals surface area contributed by atoms with E-state index in [0.29, 0.717) is 47.1 Å². The predicted molar refractivity (Wildman–Crippen MR) is 173 cm³/mol. The van der Waals surface area contributed by atoms with E-state index < -0.39 is 5.97 Å². The Bertz CT molecular complexity index is 1510. The fraction of sp³-hybridized carbons (Fsp3) is 0.353. The number of nitrogens with zero attached hydrogens (tertiary/aromatic N) is 4. The molecule has 230 valence electrons. The summed E-state index contributed by atoms with van der Waals surface area (Å²) < 4.78 is 5.97. The summed E-state index contributed by atoms with van der Waals surface area (Å²) in [6.45, 7) is 9.36. The molecule has 2 aromatic carbocycles. The number of amides is 1. The number of aromatic carboxylic acids is 1. The Morgan fingerprint density at radius 2 is 1.66 bits per heavy atom. The number of anilines is 1. The molecule has 0 bridgehead atoms. The SMILES string of the molecule is Cc1ncnc(C)c1C(=O)NCC[C@@H](C)N1CCC(N(Cc2ccsc2)c2ccc(Oc3ccc(C(=O)O)cc3)cc2)CC1. The number of hydrogen-bond acceptors (Lipinski definition) is 8. The van der Waals surface area contributed by atoms with Gasteiger partial charge in [-0.15, -0.1) is 0 Å². The predicted octanol–water partition coefficient (Wildman–Crippen LogP) is 6.33. The molecule has 3 heterocycles. The summed E-state index contributed by atoms with van der Waals surface area (Å²) >= 11 is 1.72. The quantitative estimate of drug-likeness (QED) is 0.191. The number of aryl methyl sites for hydroxylation is 2. The topological polar surface area (TPSA) is 108 Å². The zero-order chi connectivity index (χ0) is 31.1. The van der Waals surface area contributed by atoms with Gasteiger partial charge in [0.25, 0.3) is 5.91 Å². The molecule has 10 heteroatoms. The molecule has 4 aromatic rings. The maximum Gasteiger partial charge on any atom is 0.335 e. The second-order valence-corrected chi connectivity index (χ2v) is 12.0. The molecule has 1 atom stereocenters. The molecular formula is C34H39N5O4S. The molecular weight excluding hydrogens is 574 g/mol. The van der Waals surface area contributed by atoms with Crippen molar-refractivity contribution in [3.63, 3.8) is 0 Å². The highest BCUT2D eigenvalue weighted by atomic mass is 32.1. The zero-order valence-corrected chi connectivity index (χ0v) is 26.2. The standard InChI is InChI=1S/C34H39N5O4S/c1-23(12-16-35-33(40)32-24(2)36-22-37-25(32)3)38-17-13-29(14-18-38)39(20-26-15-19-44-21-26)28-6-10-31(11-7-28)43-30-8-4-27(5-9-30)34(41)42/h4-11,15,19,21-23,29H,12-14,16-18,20H2,1-3H3,(H,35,40)(H,41,42)/t23-/m1/s1. The molecule has 1 aliphatic heterocycles. The number of carboxylic acid groups (broad SMARTS) is 1. The van der Waals surface area contributed by atoms with Crippen LogP contribution in [0.1, 0.15) is 63.9 Å². The third-order valence-corrected chi connectivity index (χ3v) is 9.03. The minimum atomic E-state index is -0.958. The van der Waals surface area contributed by atoms with Gasteiger partial charge in [-0.2, -0.15) is 11.3 Å². The van der Waals surface area contributed by atoms with E-state index >= 15 is 0 Å². The molecule has 1 saturated heterocycles. The van der Waals surface area contributed by atoms with E-state index in [1.807, 2.05) is 26.0 Å². The number of piperidine rings is 1. The molecule has 9 nitrogen and oxygen atoms in total. The molecule has 1 amide bonds. The Kier molecular flexibility index (Phi) is 10.2. The Morgan fingerprint density at radius 3 is 2.25 bits per heavy atom. The molecule has 2 aromatic heterocycles. The van der Waals surface area contributed by atoms with Crippen LogP contribution in [0.4, 0.5) is 5.69 Å². The number of aromatic nitrogens is 2. The smallest absolute Gasteiger partial charge is 0.335 e. The molecule has 44 heavy (non-hydrogen) atoms. The molecule has 2 N–H and O–H groups in total. The number of hydrogen-bond donors (Lipinski definition) is 2. The van der Waals surface area contributed by atoms with Crippen LogP contribution in [0.25, 0.3) is 0 Å². The number of rotatable bonds is 12. The van der Waals surface area contributed by atoms with Crippen molar-refractivity contribution in [1.82, 2.24) is 20.2 Å². The first-order valence-corrected chi connectivity index (χ1v) is 15.9. The summed E-state index contributed by atoms with van der Waals surface area (Å²) in [6.07, 6.45) is 4.47. The van der Waals surface area contributed by atoms with Gasteiger partial charge in [0.15, 0.2) is 0 Å². The lowest BCUT2D eigenvalue weighted by Gasteiger charge is -2.42. The molecule has 0 radical (unpaired) electrons. The molecule has 0 spiro atoms. The summed E-state index contributed by atoms with van der Waals surface area (Å²) in [4.78, 5) is 37.2. The van der Waals surface area contributed by atoms with Crippen LogP contribution in [-0.4, -0.2) is 63.6 Å². The van der Waals surface area contributed by atoms with E-state index in [2.05, 4.69) is 61.0 Å². The molecule has 0 unspecified atom stereocenters. The Balaban J connectivity index is 1.17. The van der Waals surface area contributed by atoms with Gasteiger partial charge in [0.2, 0.25) is 0 Å². The first-order valence-electron chi connectivity index (χ1n) is 15.0. The van der Waals surface area contributed by atoms with Gasteiger partial charge >= 0.3 is 5.97 Å². The summed E-state index contributed by atoms with van der Waals surface area (Å²) in [5.41, 5.74) is 4.65. The second-order valence-electron chi connectivity index (χ2n) is 11.3. The first-order chi connectivity index (χ1) is 21.3. The number of ether oxygens (including phenoxy) is 1. The van der Waals surface area contributed by atoms with Gasteiger partial charge < -0.3 is 25.0 Å². The summed E-state index contributed by atoms with van der Waals surface area (Å²) in [7, 11) is 0. The molecule has 0 saturated carbocycles. The Morgan fingerprint density at radius 1 is 1.02 bits per heavy atom. The van der Waals surface area contributed by atoms with Crippen LogP contribution in [-0.2, 0) is 6.54 Å². The molecule has 5 rings (SSSR count). The van der Waals surface area contributed by atoms with Crippen molar-refractivity contribution in [2.75, 3.05) is 24.5 Å². The number of carboxylic acids is 1. The third-order valence-electron chi connectivity index (χ3n) is 8.30. The monoisotopic (exact) mass is 613 g/mol. The second kappa shape index (κ2) is 14.5. The minimum absolute atomic E-state index is 0.108. The van der Waals surface area contributed by atoms with Crippen molar-refractivity contribution in [1.29, 1.82) is 0 Å². The van der Waals surface area contributed by atoms with Gasteiger partial charge in [-0.05, 0) is 111 Å². The van der Waals surface area contributed by atoms with Gasteiger partial charge in [0.05, 0.1) is 22.5 Å². The molecule has 1 fully saturated rings. The van der Waals surface area contributed by atoms with Crippen LogP contribution >= 0.6 is 11.3 Å². The average molecular weight is 614 g/mol. The van der Waals surface area contributed by atoms with Gasteiger partial charge in [-0.3, -0.25) is 4.79 Å². The molecule has 0 aliphatic carbocycles. The summed E-state index contributed by atoms with van der Waals surface area (Å²) in [5.74, 6) is 0.231. The maximum atomic E-state index is 12.7. The van der Waals surface area contributed by atoms with E-state index in [1.54, 1.807) is 35.6 Å². The van der Waals surface area contributed by atoms with E-state index in [9.17, 15) is 9.59 Å². The number of carbonyl (C=O) groups is 2. The lowest BCUT2D eigenvalue weighted by Crippen LogP contribution is -2.48. The highest BCUT2D eigenvalue weighted by molar-refractivity contribution is 7.07. The van der Waals surface area contributed by atoms with Gasteiger partial charge in [0, 0.05) is 44.0 Å². The maximum absolute atomic E-state index is 12.7. The van der Waals surface area contributed by atoms with E-state index in [1.165, 1.54) is 11.9 Å². The van der Waals surface area contributed by atoms with Crippen LogP contribution in [0, 0.1) is 13.8 Å². The Hall–Kier alpha value is -4.28. The summed E-state index contributed by atoms with van der Waals surface area (Å²) in [6, 6.07) is 17.5. The fourth-order valence-corrected chi connectivity index (χ4v) is 6.40. The Labute approximate surface area is 262 Å². The van der Waals surface area contributed by atoms with Crippen molar-refractivity contribution < 1.29 is 19.4 Å². The van der Waals surface area contributed by atoms with Crippen LogP contribution in [0.5, 0.6) is 11.5 Å². The fourth-order valence-electron chi connectivity index (χ4n) is 5.74. The number of nitrogens with one attached hydrogen (secondary N) is 1. The van der Waals surface area contributed by atoms with Crippen molar-refractivity contribution in [3.8, 4) is 11.5 Å². The van der Waals surface area contributed by atoms with Gasteiger partial charge in [-0.25, -0.2) is 14.8 Å². The number of benzene rings is 2. The highest BCUT2D eigenvalue weighted by Gasteiger charge is 2.27. The van der Waals surface area contributed by atoms with Crippen LogP contribution < -0.4 is 15.0 Å². The average Bonchev–Trinajstić information content (AvgIpc) is 3.54. The van der Waals surface area contributed by atoms with Crippen LogP contribution in [0.3, 0.4) is 0 Å². The summed E-state index contributed by atoms with van der Waals surface area (Å²) in [5, 5.41) is 16.5. The lowest BCUT2D eigenvalue weighted by atomic mass is 9.99. The molecule has 1 aliphatic rings. The lowest BCUT2D eigenvalue weighted by molar-refractivity contribution is 0.0696. The van der Waals surface area contributed by atoms with Crippen molar-refractivity contribution in [2.24, 2.45) is 0 Å². The third kappa shape index (κ3) is 7.81. The largest absolute Gasteiger partial charge is 0.478 e. The number of likely N-dealkylation sites (tertiary alicyclic amines) is 1. The number of carbonyl (C=O) groups excluding carboxylic acids is 1. The van der Waals surface area contributed by atoms with Crippen molar-refractivity contribution in [3.05, 3.63) is 99.8 Å². The van der Waals surface area contributed by atoms with Gasteiger partial charge in [-0.1, -0.05) is 0 Å². The van der Waals surface area contributed by atoms with E-state index in [-0.39, 0.29) is 11.5 Å². The van der Waals surface area contributed by atoms with Crippen LogP contribution in [0.15, 0.2) is 71.7 Å².